The summed E-state index contributed by atoms with van der Waals surface area (Å²) in [6.45, 7) is 7.24. The minimum Gasteiger partial charge on any atom is -0.444 e. The number of guanidine groups is 1. The van der Waals surface area contributed by atoms with Gasteiger partial charge in [0.2, 0.25) is 0 Å². The maximum absolute atomic E-state index is 12.2. The fraction of sp³-hybridized carbons (Fsp3) is 0.875. The van der Waals surface area contributed by atoms with E-state index in [1.807, 2.05) is 25.7 Å². The Morgan fingerprint density at radius 3 is 2.15 bits per heavy atom. The maximum atomic E-state index is 12.2. The van der Waals surface area contributed by atoms with Crippen molar-refractivity contribution in [2.45, 2.75) is 39.0 Å². The highest BCUT2D eigenvalue weighted by Crippen LogP contribution is 2.15. The molecule has 1 amide bonds. The van der Waals surface area contributed by atoms with Crippen LogP contribution in [0.4, 0.5) is 18.0 Å². The van der Waals surface area contributed by atoms with E-state index in [1.54, 1.807) is 4.90 Å². The number of aliphatic imine (C=N–C) groups is 1. The van der Waals surface area contributed by atoms with Gasteiger partial charge < -0.3 is 20.3 Å². The van der Waals surface area contributed by atoms with Crippen LogP contribution in [0.3, 0.4) is 0 Å². The highest BCUT2D eigenvalue weighted by Gasteiger charge is 2.29. The fourth-order valence-electron chi connectivity index (χ4n) is 2.46. The van der Waals surface area contributed by atoms with Crippen LogP contribution in [0.15, 0.2) is 4.99 Å². The molecule has 0 unspecified atom stereocenters. The van der Waals surface area contributed by atoms with Crippen molar-refractivity contribution >= 4 is 36.0 Å². The number of rotatable bonds is 5. The molecule has 1 aliphatic rings. The van der Waals surface area contributed by atoms with E-state index in [4.69, 9.17) is 10.5 Å². The summed E-state index contributed by atoms with van der Waals surface area (Å²) >= 11 is 0. The van der Waals surface area contributed by atoms with Crippen LogP contribution in [-0.2, 0) is 4.74 Å². The highest BCUT2D eigenvalue weighted by atomic mass is 127. The zero-order valence-corrected chi connectivity index (χ0v) is 18.7. The number of nitrogens with two attached hydrogens (primary N) is 1. The largest absolute Gasteiger partial charge is 0.444 e. The maximum Gasteiger partial charge on any atom is 0.410 e. The van der Waals surface area contributed by atoms with E-state index < -0.39 is 18.3 Å². The Labute approximate surface area is 176 Å². The molecule has 0 radical (unpaired) electrons. The third kappa shape index (κ3) is 11.5. The second-order valence-corrected chi connectivity index (χ2v) is 7.40. The minimum absolute atomic E-state index is 0. The molecule has 7 nitrogen and oxygen atoms in total. The molecule has 0 saturated carbocycles. The van der Waals surface area contributed by atoms with E-state index in [0.717, 1.165) is 0 Å². The Bertz CT molecular complexity index is 489. The second-order valence-electron chi connectivity index (χ2n) is 7.40. The predicted molar refractivity (Wildman–Crippen MR) is 109 cm³/mol. The Morgan fingerprint density at radius 1 is 1.15 bits per heavy atom. The minimum atomic E-state index is -4.19. The molecule has 1 saturated heterocycles. The smallest absolute Gasteiger partial charge is 0.410 e. The number of carbonyl (C=O) groups is 1. The summed E-state index contributed by atoms with van der Waals surface area (Å²) in [6, 6.07) is 0. The molecule has 0 aliphatic carbocycles. The van der Waals surface area contributed by atoms with Gasteiger partial charge in [-0.1, -0.05) is 0 Å². The molecule has 0 aromatic carbocycles. The van der Waals surface area contributed by atoms with Gasteiger partial charge in [-0.2, -0.15) is 13.2 Å². The topological polar surface area (TPSA) is 74.4 Å². The van der Waals surface area contributed by atoms with Gasteiger partial charge in [0.05, 0.1) is 6.54 Å². The Hall–Kier alpha value is -0.980. The number of amides is 1. The highest BCUT2D eigenvalue weighted by molar-refractivity contribution is 14.0. The summed E-state index contributed by atoms with van der Waals surface area (Å²) in [6.07, 6.45) is -4.05. The number of halogens is 4. The summed E-state index contributed by atoms with van der Waals surface area (Å²) in [7, 11) is 1.43. The average Bonchev–Trinajstić information content (AvgIpc) is 2.48. The van der Waals surface area contributed by atoms with Gasteiger partial charge >= 0.3 is 12.3 Å². The molecule has 0 spiro atoms. The van der Waals surface area contributed by atoms with Crippen molar-refractivity contribution in [3.63, 3.8) is 0 Å². The molecule has 160 valence electrons. The van der Waals surface area contributed by atoms with E-state index in [9.17, 15) is 18.0 Å². The van der Waals surface area contributed by atoms with Gasteiger partial charge in [-0.3, -0.25) is 9.89 Å². The van der Waals surface area contributed by atoms with Crippen LogP contribution in [0.2, 0.25) is 0 Å². The fourth-order valence-corrected chi connectivity index (χ4v) is 2.46. The lowest BCUT2D eigenvalue weighted by Crippen LogP contribution is -2.53. The third-order valence-corrected chi connectivity index (χ3v) is 3.68. The molecule has 1 aliphatic heterocycles. The van der Waals surface area contributed by atoms with Crippen LogP contribution in [0.25, 0.3) is 0 Å². The van der Waals surface area contributed by atoms with Crippen molar-refractivity contribution in [3.05, 3.63) is 0 Å². The molecule has 11 heteroatoms. The molecule has 0 atom stereocenters. The van der Waals surface area contributed by atoms with Crippen LogP contribution >= 0.6 is 24.0 Å². The summed E-state index contributed by atoms with van der Waals surface area (Å²) in [4.78, 5) is 20.9. The number of hydrogen-bond donors (Lipinski definition) is 1. The van der Waals surface area contributed by atoms with E-state index in [0.29, 0.717) is 51.6 Å². The molecule has 0 aromatic heterocycles. The lowest BCUT2D eigenvalue weighted by atomic mass is 10.2. The standard InChI is InChI=1S/C16H30F3N5O2.HI/c1-15(2,3)26-14(25)24-10-8-23(9-11-24)13(20)21-6-5-7-22(4)12-16(17,18)19;/h5-12H2,1-4H3,(H2,20,21);1H. The number of carbonyl (C=O) groups excluding carboxylic acids is 1. The average molecular weight is 509 g/mol. The monoisotopic (exact) mass is 509 g/mol. The third-order valence-electron chi connectivity index (χ3n) is 3.68. The summed E-state index contributed by atoms with van der Waals surface area (Å²) in [5, 5.41) is 0. The first-order chi connectivity index (χ1) is 11.9. The quantitative estimate of drug-likeness (QED) is 0.267. The summed E-state index contributed by atoms with van der Waals surface area (Å²) in [5.41, 5.74) is 5.40. The molecule has 0 bridgehead atoms. The first kappa shape index (κ1) is 26.0. The lowest BCUT2D eigenvalue weighted by Gasteiger charge is -2.36. The predicted octanol–water partition coefficient (Wildman–Crippen LogP) is 2.36. The van der Waals surface area contributed by atoms with Gasteiger partial charge in [-0.05, 0) is 40.8 Å². The van der Waals surface area contributed by atoms with Crippen molar-refractivity contribution in [3.8, 4) is 0 Å². The van der Waals surface area contributed by atoms with Crippen LogP contribution in [0, 0.1) is 0 Å². The van der Waals surface area contributed by atoms with Gasteiger partial charge in [0, 0.05) is 32.7 Å². The number of ether oxygens (including phenoxy) is 1. The molecule has 1 rings (SSSR count). The van der Waals surface area contributed by atoms with Crippen molar-refractivity contribution in [1.29, 1.82) is 0 Å². The zero-order chi connectivity index (χ0) is 20.0. The van der Waals surface area contributed by atoms with Crippen LogP contribution in [0.5, 0.6) is 0 Å². The number of alkyl halides is 3. The summed E-state index contributed by atoms with van der Waals surface area (Å²) < 4.78 is 42.0. The van der Waals surface area contributed by atoms with Crippen LogP contribution in [0.1, 0.15) is 27.2 Å². The molecule has 1 heterocycles. The van der Waals surface area contributed by atoms with Crippen LogP contribution in [-0.4, -0.2) is 91.4 Å². The molecule has 27 heavy (non-hydrogen) atoms. The Balaban J connectivity index is 0.00000676. The SMILES string of the molecule is CN(CCCN=C(N)N1CCN(C(=O)OC(C)(C)C)CC1)CC(F)(F)F.I. The Morgan fingerprint density at radius 2 is 1.67 bits per heavy atom. The Kier molecular flexibility index (Phi) is 10.7. The van der Waals surface area contributed by atoms with E-state index >= 15 is 0 Å². The number of nitrogens with zero attached hydrogens (tertiary/aromatic N) is 4. The van der Waals surface area contributed by atoms with Crippen LogP contribution < -0.4 is 5.73 Å². The van der Waals surface area contributed by atoms with E-state index in [2.05, 4.69) is 4.99 Å². The van der Waals surface area contributed by atoms with Crippen molar-refractivity contribution < 1.29 is 22.7 Å². The van der Waals surface area contributed by atoms with Gasteiger partial charge in [0.25, 0.3) is 0 Å². The van der Waals surface area contributed by atoms with Gasteiger partial charge in [0.1, 0.15) is 5.60 Å². The molecular formula is C16H31F3IN5O2. The van der Waals surface area contributed by atoms with Gasteiger partial charge in [0.15, 0.2) is 5.96 Å². The van der Waals surface area contributed by atoms with Gasteiger partial charge in [-0.25, -0.2) is 4.79 Å². The molecule has 1 fully saturated rings. The van der Waals surface area contributed by atoms with E-state index in [-0.39, 0.29) is 30.1 Å². The molecular weight excluding hydrogens is 478 g/mol. The summed E-state index contributed by atoms with van der Waals surface area (Å²) in [5.74, 6) is 0.354. The van der Waals surface area contributed by atoms with Crippen molar-refractivity contribution in [1.82, 2.24) is 14.7 Å². The van der Waals surface area contributed by atoms with Crippen molar-refractivity contribution in [2.75, 3.05) is 52.9 Å². The first-order valence-corrected chi connectivity index (χ1v) is 8.65. The van der Waals surface area contributed by atoms with Crippen molar-refractivity contribution in [2.24, 2.45) is 10.7 Å². The van der Waals surface area contributed by atoms with Gasteiger partial charge in [-0.15, -0.1) is 24.0 Å². The molecule has 2 N–H and O–H groups in total. The lowest BCUT2D eigenvalue weighted by molar-refractivity contribution is -0.143. The second kappa shape index (κ2) is 11.1. The first-order valence-electron chi connectivity index (χ1n) is 8.65. The van der Waals surface area contributed by atoms with E-state index in [1.165, 1.54) is 11.9 Å². The normalized spacial score (nSPS) is 16.4. The zero-order valence-electron chi connectivity index (χ0n) is 16.4. The number of hydrogen-bond acceptors (Lipinski definition) is 4. The molecule has 0 aromatic rings. The number of piperazine rings is 1.